The summed E-state index contributed by atoms with van der Waals surface area (Å²) in [5.74, 6) is 0.490. The molecular formula is C17H24ClN3O2. The molecule has 5 nitrogen and oxygen atoms in total. The zero-order valence-corrected chi connectivity index (χ0v) is 14.0. The molecular weight excluding hydrogens is 314 g/mol. The van der Waals surface area contributed by atoms with Gasteiger partial charge in [-0.2, -0.15) is 0 Å². The SMILES string of the molecule is C=CCNC(=O)c1ccc(NC(=O)CCC2CCNC2)cc1.Cl. The minimum absolute atomic E-state index is 0. The van der Waals surface area contributed by atoms with Gasteiger partial charge in [-0.05, 0) is 56.1 Å². The first-order valence-corrected chi connectivity index (χ1v) is 7.69. The number of nitrogens with one attached hydrogen (secondary N) is 3. The molecule has 6 heteroatoms. The van der Waals surface area contributed by atoms with E-state index in [1.165, 1.54) is 0 Å². The number of hydrogen-bond acceptors (Lipinski definition) is 3. The van der Waals surface area contributed by atoms with Crippen molar-refractivity contribution in [1.29, 1.82) is 0 Å². The number of rotatable bonds is 7. The van der Waals surface area contributed by atoms with E-state index < -0.39 is 0 Å². The highest BCUT2D eigenvalue weighted by atomic mass is 35.5. The van der Waals surface area contributed by atoms with Gasteiger partial charge in [0.1, 0.15) is 0 Å². The number of carbonyl (C=O) groups is 2. The molecule has 23 heavy (non-hydrogen) atoms. The van der Waals surface area contributed by atoms with Gasteiger partial charge in [0.2, 0.25) is 5.91 Å². The summed E-state index contributed by atoms with van der Waals surface area (Å²) in [7, 11) is 0. The second-order valence-corrected chi connectivity index (χ2v) is 5.52. The van der Waals surface area contributed by atoms with Gasteiger partial charge in [0.05, 0.1) is 0 Å². The Bertz CT molecular complexity index is 525. The molecule has 1 aromatic rings. The molecule has 1 saturated heterocycles. The van der Waals surface area contributed by atoms with Crippen LogP contribution in [0.5, 0.6) is 0 Å². The largest absolute Gasteiger partial charge is 0.349 e. The van der Waals surface area contributed by atoms with E-state index in [1.54, 1.807) is 30.3 Å². The topological polar surface area (TPSA) is 70.2 Å². The molecule has 1 aliphatic rings. The Balaban J connectivity index is 0.00000264. The molecule has 1 atom stereocenters. The van der Waals surface area contributed by atoms with Crippen LogP contribution in [0.1, 0.15) is 29.6 Å². The molecule has 0 spiro atoms. The van der Waals surface area contributed by atoms with Crippen molar-refractivity contribution in [1.82, 2.24) is 10.6 Å². The Hall–Kier alpha value is -1.85. The molecule has 0 radical (unpaired) electrons. The van der Waals surface area contributed by atoms with E-state index in [0.717, 1.165) is 31.6 Å². The predicted molar refractivity (Wildman–Crippen MR) is 95.1 cm³/mol. The Kier molecular flexibility index (Phi) is 8.37. The van der Waals surface area contributed by atoms with E-state index in [-0.39, 0.29) is 24.2 Å². The van der Waals surface area contributed by atoms with Gasteiger partial charge < -0.3 is 16.0 Å². The van der Waals surface area contributed by atoms with Gasteiger partial charge in [0.15, 0.2) is 0 Å². The Labute approximate surface area is 143 Å². The highest BCUT2D eigenvalue weighted by Gasteiger charge is 2.15. The van der Waals surface area contributed by atoms with Crippen molar-refractivity contribution in [2.45, 2.75) is 19.3 Å². The predicted octanol–water partition coefficient (Wildman–Crippen LogP) is 2.35. The van der Waals surface area contributed by atoms with Crippen LogP contribution in [-0.4, -0.2) is 31.4 Å². The van der Waals surface area contributed by atoms with E-state index in [0.29, 0.717) is 24.4 Å². The van der Waals surface area contributed by atoms with Crippen molar-refractivity contribution in [3.8, 4) is 0 Å². The third-order valence-electron chi connectivity index (χ3n) is 3.78. The van der Waals surface area contributed by atoms with Crippen LogP contribution in [-0.2, 0) is 4.79 Å². The molecule has 0 saturated carbocycles. The van der Waals surface area contributed by atoms with Crippen molar-refractivity contribution >= 4 is 29.9 Å². The van der Waals surface area contributed by atoms with Crippen molar-refractivity contribution in [3.05, 3.63) is 42.5 Å². The zero-order valence-electron chi connectivity index (χ0n) is 13.1. The minimum Gasteiger partial charge on any atom is -0.349 e. The normalized spacial score (nSPS) is 16.3. The number of hydrogen-bond donors (Lipinski definition) is 3. The van der Waals surface area contributed by atoms with Crippen LogP contribution in [0.2, 0.25) is 0 Å². The monoisotopic (exact) mass is 337 g/mol. The maximum Gasteiger partial charge on any atom is 0.251 e. The Morgan fingerprint density at radius 2 is 2.04 bits per heavy atom. The smallest absolute Gasteiger partial charge is 0.251 e. The van der Waals surface area contributed by atoms with Crippen molar-refractivity contribution < 1.29 is 9.59 Å². The minimum atomic E-state index is -0.147. The summed E-state index contributed by atoms with van der Waals surface area (Å²) in [5, 5.41) is 8.88. The summed E-state index contributed by atoms with van der Waals surface area (Å²) in [5.41, 5.74) is 1.28. The summed E-state index contributed by atoms with van der Waals surface area (Å²) in [6.07, 6.45) is 4.24. The quantitative estimate of drug-likeness (QED) is 0.669. The van der Waals surface area contributed by atoms with Crippen LogP contribution in [0.25, 0.3) is 0 Å². The van der Waals surface area contributed by atoms with Gasteiger partial charge in [-0.3, -0.25) is 9.59 Å². The molecule has 0 aliphatic carbocycles. The second kappa shape index (κ2) is 10.0. The lowest BCUT2D eigenvalue weighted by Gasteiger charge is -2.09. The molecule has 1 aliphatic heterocycles. The van der Waals surface area contributed by atoms with E-state index in [4.69, 9.17) is 0 Å². The van der Waals surface area contributed by atoms with Gasteiger partial charge >= 0.3 is 0 Å². The van der Waals surface area contributed by atoms with E-state index >= 15 is 0 Å². The van der Waals surface area contributed by atoms with Gasteiger partial charge in [-0.15, -0.1) is 19.0 Å². The fraction of sp³-hybridized carbons (Fsp3) is 0.412. The first-order chi connectivity index (χ1) is 10.7. The maximum atomic E-state index is 11.9. The van der Waals surface area contributed by atoms with E-state index in [1.807, 2.05) is 0 Å². The summed E-state index contributed by atoms with van der Waals surface area (Å²) in [4.78, 5) is 23.6. The molecule has 3 N–H and O–H groups in total. The van der Waals surface area contributed by atoms with Gasteiger partial charge in [-0.1, -0.05) is 6.08 Å². The van der Waals surface area contributed by atoms with Crippen LogP contribution in [0.4, 0.5) is 5.69 Å². The summed E-state index contributed by atoms with van der Waals surface area (Å²) in [6.45, 7) is 6.06. The average molecular weight is 338 g/mol. The molecule has 1 unspecified atom stereocenters. The lowest BCUT2D eigenvalue weighted by molar-refractivity contribution is -0.116. The third-order valence-corrected chi connectivity index (χ3v) is 3.78. The van der Waals surface area contributed by atoms with Gasteiger partial charge in [0.25, 0.3) is 5.91 Å². The zero-order chi connectivity index (χ0) is 15.8. The summed E-state index contributed by atoms with van der Waals surface area (Å²) < 4.78 is 0. The van der Waals surface area contributed by atoms with Gasteiger partial charge in [0, 0.05) is 24.2 Å². The maximum absolute atomic E-state index is 11.9. The van der Waals surface area contributed by atoms with E-state index in [9.17, 15) is 9.59 Å². The number of anilines is 1. The van der Waals surface area contributed by atoms with Crippen LogP contribution in [0.15, 0.2) is 36.9 Å². The van der Waals surface area contributed by atoms with Crippen molar-refractivity contribution in [2.24, 2.45) is 5.92 Å². The number of carbonyl (C=O) groups excluding carboxylic acids is 2. The van der Waals surface area contributed by atoms with Crippen molar-refractivity contribution in [2.75, 3.05) is 25.0 Å². The summed E-state index contributed by atoms with van der Waals surface area (Å²) in [6, 6.07) is 6.90. The fourth-order valence-electron chi connectivity index (χ4n) is 2.49. The molecule has 1 aromatic carbocycles. The number of halogens is 1. The second-order valence-electron chi connectivity index (χ2n) is 5.52. The lowest BCUT2D eigenvalue weighted by atomic mass is 10.0. The molecule has 2 amide bonds. The summed E-state index contributed by atoms with van der Waals surface area (Å²) >= 11 is 0. The van der Waals surface area contributed by atoms with E-state index in [2.05, 4.69) is 22.5 Å². The molecule has 0 bridgehead atoms. The van der Waals surface area contributed by atoms with Crippen molar-refractivity contribution in [3.63, 3.8) is 0 Å². The standard InChI is InChI=1S/C17H23N3O2.ClH/c1-2-10-19-17(22)14-4-6-15(7-5-14)20-16(21)8-3-13-9-11-18-12-13;/h2,4-7,13,18H,1,3,8-12H2,(H,19,22)(H,20,21);1H. The first-order valence-electron chi connectivity index (χ1n) is 7.69. The molecule has 1 fully saturated rings. The first kappa shape index (κ1) is 19.2. The number of benzene rings is 1. The molecule has 1 heterocycles. The average Bonchev–Trinajstić information content (AvgIpc) is 3.05. The Morgan fingerprint density at radius 3 is 2.65 bits per heavy atom. The molecule has 2 rings (SSSR count). The van der Waals surface area contributed by atoms with Crippen LogP contribution < -0.4 is 16.0 Å². The molecule has 126 valence electrons. The van der Waals surface area contributed by atoms with Crippen LogP contribution in [0.3, 0.4) is 0 Å². The van der Waals surface area contributed by atoms with Crippen LogP contribution >= 0.6 is 12.4 Å². The number of amides is 2. The van der Waals surface area contributed by atoms with Gasteiger partial charge in [-0.25, -0.2) is 0 Å². The third kappa shape index (κ3) is 6.42. The molecule has 0 aromatic heterocycles. The fourth-order valence-corrected chi connectivity index (χ4v) is 2.49. The Morgan fingerprint density at radius 1 is 1.30 bits per heavy atom. The lowest BCUT2D eigenvalue weighted by Crippen LogP contribution is -2.23. The van der Waals surface area contributed by atoms with Crippen LogP contribution in [0, 0.1) is 5.92 Å². The highest BCUT2D eigenvalue weighted by molar-refractivity contribution is 5.95. The highest BCUT2D eigenvalue weighted by Crippen LogP contribution is 2.15.